The van der Waals surface area contributed by atoms with E-state index in [1.807, 2.05) is 6.92 Å². The molecule has 0 saturated heterocycles. The summed E-state index contributed by atoms with van der Waals surface area (Å²) < 4.78 is 31.2. The van der Waals surface area contributed by atoms with Gasteiger partial charge in [-0.05, 0) is 31.0 Å². The zero-order chi connectivity index (χ0) is 17.7. The number of aromatic nitrogens is 1. The van der Waals surface area contributed by atoms with Gasteiger partial charge in [0.05, 0.1) is 23.4 Å². The first-order valence-corrected chi connectivity index (χ1v) is 9.76. The van der Waals surface area contributed by atoms with Gasteiger partial charge in [0, 0.05) is 17.5 Å². The number of nitrogens with one attached hydrogen (secondary N) is 2. The number of hydrogen-bond donors (Lipinski definition) is 2. The maximum absolute atomic E-state index is 12.1. The number of H-pyrrole nitrogens is 1. The molecule has 0 bridgehead atoms. The maximum Gasteiger partial charge on any atom is 0.251 e. The highest BCUT2D eigenvalue weighted by molar-refractivity contribution is 7.89. The third kappa shape index (κ3) is 4.72. The average molecular weight is 373 g/mol. The van der Waals surface area contributed by atoms with Crippen molar-refractivity contribution in [2.24, 2.45) is 0 Å². The van der Waals surface area contributed by atoms with Gasteiger partial charge in [-0.3, -0.25) is 4.79 Å². The molecule has 0 spiro atoms. The number of halogens is 1. The fraction of sp³-hybridized carbons (Fsp3) is 0.438. The Kier molecular flexibility index (Phi) is 6.26. The van der Waals surface area contributed by atoms with Gasteiger partial charge in [0.25, 0.3) is 5.56 Å². The molecule has 0 saturated carbocycles. The van der Waals surface area contributed by atoms with Crippen LogP contribution in [0, 0.1) is 0 Å². The van der Waals surface area contributed by atoms with Crippen molar-refractivity contribution < 1.29 is 13.2 Å². The molecule has 8 heteroatoms. The molecular formula is C16H21ClN2O4S. The summed E-state index contributed by atoms with van der Waals surface area (Å²) in [6, 6.07) is 5.10. The van der Waals surface area contributed by atoms with E-state index in [4.69, 9.17) is 16.3 Å². The number of rotatable bonds is 8. The molecule has 0 fully saturated rings. The second-order valence-electron chi connectivity index (χ2n) is 5.51. The van der Waals surface area contributed by atoms with E-state index in [1.54, 1.807) is 18.2 Å². The summed E-state index contributed by atoms with van der Waals surface area (Å²) in [5.41, 5.74) is 0.861. The number of ether oxygens (including phenoxy) is 1. The number of fused-ring (bicyclic) bond motifs is 1. The largest absolute Gasteiger partial charge is 0.495 e. The number of sulfonamides is 1. The van der Waals surface area contributed by atoms with Crippen molar-refractivity contribution in [3.63, 3.8) is 0 Å². The van der Waals surface area contributed by atoms with Gasteiger partial charge >= 0.3 is 0 Å². The van der Waals surface area contributed by atoms with Crippen molar-refractivity contribution in [2.45, 2.75) is 26.2 Å². The number of benzene rings is 1. The Hall–Kier alpha value is -1.57. The molecule has 2 rings (SSSR count). The summed E-state index contributed by atoms with van der Waals surface area (Å²) in [6.45, 7) is 2.12. The number of methoxy groups -OCH3 is 1. The van der Waals surface area contributed by atoms with Crippen molar-refractivity contribution in [2.75, 3.05) is 19.4 Å². The van der Waals surface area contributed by atoms with E-state index in [2.05, 4.69) is 9.71 Å². The number of aromatic amines is 1. The zero-order valence-corrected chi connectivity index (χ0v) is 15.3. The van der Waals surface area contributed by atoms with Crippen molar-refractivity contribution in [3.8, 4) is 5.75 Å². The molecule has 0 radical (unpaired) electrons. The molecule has 1 aromatic carbocycles. The predicted molar refractivity (Wildman–Crippen MR) is 96.5 cm³/mol. The molecule has 2 aromatic rings. The van der Waals surface area contributed by atoms with Gasteiger partial charge in [-0.25, -0.2) is 13.1 Å². The lowest BCUT2D eigenvalue weighted by Crippen LogP contribution is -2.29. The van der Waals surface area contributed by atoms with Gasteiger partial charge in [-0.1, -0.05) is 24.9 Å². The Morgan fingerprint density at radius 3 is 2.71 bits per heavy atom. The topological polar surface area (TPSA) is 88.3 Å². The summed E-state index contributed by atoms with van der Waals surface area (Å²) in [4.78, 5) is 14.9. The van der Waals surface area contributed by atoms with Crippen LogP contribution in [0.3, 0.4) is 0 Å². The summed E-state index contributed by atoms with van der Waals surface area (Å²) >= 11 is 6.05. The van der Waals surface area contributed by atoms with Crippen LogP contribution in [0.2, 0.25) is 5.02 Å². The number of pyridine rings is 1. The average Bonchev–Trinajstić information content (AvgIpc) is 2.53. The lowest BCUT2D eigenvalue weighted by atomic mass is 10.1. The second-order valence-corrected chi connectivity index (χ2v) is 7.85. The van der Waals surface area contributed by atoms with Crippen LogP contribution in [0.15, 0.2) is 23.0 Å². The highest BCUT2D eigenvalue weighted by atomic mass is 35.5. The zero-order valence-electron chi connectivity index (χ0n) is 13.7. The third-order valence-electron chi connectivity index (χ3n) is 3.68. The fourth-order valence-electron chi connectivity index (χ4n) is 2.34. The Morgan fingerprint density at radius 1 is 1.29 bits per heavy atom. The standard InChI is InChI=1S/C16H21ClN2O4S/c1-3-4-7-24(21,22)18-6-5-11-8-12-9-15(23-2)13(17)10-14(12)19-16(11)20/h8-10,18H,3-7H2,1-2H3,(H,19,20). The fourth-order valence-corrected chi connectivity index (χ4v) is 3.81. The molecule has 6 nitrogen and oxygen atoms in total. The normalized spacial score (nSPS) is 11.8. The molecule has 0 amide bonds. The molecule has 132 valence electrons. The van der Waals surface area contributed by atoms with Gasteiger partial charge in [0.2, 0.25) is 10.0 Å². The highest BCUT2D eigenvalue weighted by Crippen LogP contribution is 2.28. The van der Waals surface area contributed by atoms with E-state index in [0.29, 0.717) is 34.7 Å². The van der Waals surface area contributed by atoms with Crippen LogP contribution in [0.4, 0.5) is 0 Å². The molecule has 0 aliphatic heterocycles. The van der Waals surface area contributed by atoms with E-state index in [-0.39, 0.29) is 17.9 Å². The van der Waals surface area contributed by atoms with E-state index < -0.39 is 10.0 Å². The summed E-state index contributed by atoms with van der Waals surface area (Å²) in [5.74, 6) is 0.621. The molecular weight excluding hydrogens is 352 g/mol. The molecule has 0 atom stereocenters. The Bertz CT molecular complexity index is 878. The van der Waals surface area contributed by atoms with Crippen molar-refractivity contribution in [3.05, 3.63) is 39.1 Å². The lowest BCUT2D eigenvalue weighted by molar-refractivity contribution is 0.415. The molecule has 0 aliphatic rings. The summed E-state index contributed by atoms with van der Waals surface area (Å²) in [7, 11) is -1.77. The van der Waals surface area contributed by atoms with E-state index in [9.17, 15) is 13.2 Å². The van der Waals surface area contributed by atoms with Crippen LogP contribution >= 0.6 is 11.6 Å². The molecule has 0 unspecified atom stereocenters. The summed E-state index contributed by atoms with van der Waals surface area (Å²) in [5, 5.41) is 1.19. The van der Waals surface area contributed by atoms with Gasteiger partial charge in [-0.2, -0.15) is 0 Å². The Balaban J connectivity index is 2.16. The van der Waals surface area contributed by atoms with Crippen LogP contribution in [0.1, 0.15) is 25.3 Å². The quantitative estimate of drug-likeness (QED) is 0.745. The lowest BCUT2D eigenvalue weighted by Gasteiger charge is -2.08. The molecule has 24 heavy (non-hydrogen) atoms. The molecule has 0 aliphatic carbocycles. The Morgan fingerprint density at radius 2 is 2.04 bits per heavy atom. The van der Waals surface area contributed by atoms with E-state index in [1.165, 1.54) is 7.11 Å². The van der Waals surface area contributed by atoms with E-state index >= 15 is 0 Å². The van der Waals surface area contributed by atoms with Crippen LogP contribution in [0.25, 0.3) is 10.9 Å². The van der Waals surface area contributed by atoms with E-state index in [0.717, 1.165) is 11.8 Å². The molecule has 1 heterocycles. The minimum absolute atomic E-state index is 0.104. The van der Waals surface area contributed by atoms with Gasteiger partial charge in [0.1, 0.15) is 5.75 Å². The highest BCUT2D eigenvalue weighted by Gasteiger charge is 2.11. The minimum atomic E-state index is -3.29. The molecule has 2 N–H and O–H groups in total. The minimum Gasteiger partial charge on any atom is -0.495 e. The van der Waals surface area contributed by atoms with Crippen molar-refractivity contribution in [1.29, 1.82) is 0 Å². The molecule has 1 aromatic heterocycles. The van der Waals surface area contributed by atoms with Crippen LogP contribution in [-0.2, 0) is 16.4 Å². The van der Waals surface area contributed by atoms with Crippen LogP contribution in [0.5, 0.6) is 5.75 Å². The van der Waals surface area contributed by atoms with Crippen molar-refractivity contribution >= 4 is 32.5 Å². The van der Waals surface area contributed by atoms with Gasteiger partial charge in [0.15, 0.2) is 0 Å². The SMILES string of the molecule is CCCCS(=O)(=O)NCCc1cc2cc(OC)c(Cl)cc2[nH]c1=O. The predicted octanol–water partition coefficient (Wildman–Crippen LogP) is 2.45. The van der Waals surface area contributed by atoms with Gasteiger partial charge in [-0.15, -0.1) is 0 Å². The monoisotopic (exact) mass is 372 g/mol. The van der Waals surface area contributed by atoms with Crippen LogP contribution < -0.4 is 15.0 Å². The number of unbranched alkanes of at least 4 members (excludes halogenated alkanes) is 1. The Labute approximate surface area is 146 Å². The van der Waals surface area contributed by atoms with Gasteiger partial charge < -0.3 is 9.72 Å². The number of hydrogen-bond acceptors (Lipinski definition) is 4. The van der Waals surface area contributed by atoms with Crippen LogP contribution in [-0.4, -0.2) is 32.8 Å². The first kappa shape index (κ1) is 18.8. The third-order valence-corrected chi connectivity index (χ3v) is 5.44. The second kappa shape index (κ2) is 8.00. The smallest absolute Gasteiger partial charge is 0.251 e. The first-order valence-electron chi connectivity index (χ1n) is 7.73. The first-order chi connectivity index (χ1) is 11.4. The maximum atomic E-state index is 12.1. The van der Waals surface area contributed by atoms with Crippen molar-refractivity contribution in [1.82, 2.24) is 9.71 Å². The summed E-state index contributed by atoms with van der Waals surface area (Å²) in [6.07, 6.45) is 1.74.